The fourth-order valence-corrected chi connectivity index (χ4v) is 4.62. The van der Waals surface area contributed by atoms with Gasteiger partial charge >= 0.3 is 0 Å². The first kappa shape index (κ1) is 16.5. The number of aromatic nitrogens is 4. The molecule has 0 aliphatic carbocycles. The van der Waals surface area contributed by atoms with Crippen LogP contribution in [0.1, 0.15) is 17.6 Å². The van der Waals surface area contributed by atoms with E-state index in [1.807, 2.05) is 17.3 Å². The minimum Gasteiger partial charge on any atom is -0.353 e. The normalized spacial score (nSPS) is 17.3. The third-order valence-electron chi connectivity index (χ3n) is 5.13. The number of rotatable bonds is 3. The second-order valence-corrected chi connectivity index (χ2v) is 7.98. The smallest absolute Gasteiger partial charge is 0.239 e. The molecule has 3 aromatic rings. The molecule has 1 N–H and O–H groups in total. The molecule has 3 aromatic heterocycles. The molecule has 2 aliphatic heterocycles. The third-order valence-corrected chi connectivity index (χ3v) is 6.30. The summed E-state index contributed by atoms with van der Waals surface area (Å²) in [5, 5.41) is 3.96. The van der Waals surface area contributed by atoms with Gasteiger partial charge in [-0.1, -0.05) is 6.92 Å². The van der Waals surface area contributed by atoms with Crippen molar-refractivity contribution in [2.45, 2.75) is 26.4 Å². The second kappa shape index (κ2) is 6.49. The molecular formula is C18H21N7OS. The number of thiophene rings is 1. The summed E-state index contributed by atoms with van der Waals surface area (Å²) in [5.74, 6) is 2.67. The number of fused-ring (bicyclic) bond motifs is 2. The first-order valence-corrected chi connectivity index (χ1v) is 10.1. The van der Waals surface area contributed by atoms with E-state index in [2.05, 4.69) is 32.8 Å². The summed E-state index contributed by atoms with van der Waals surface area (Å²) in [6.07, 6.45) is 4.86. The number of imidazole rings is 1. The number of anilines is 2. The number of carbonyl (C=O) groups is 1. The second-order valence-electron chi connectivity index (χ2n) is 6.86. The average Bonchev–Trinajstić information content (AvgIpc) is 3.32. The highest BCUT2D eigenvalue weighted by molar-refractivity contribution is 7.18. The van der Waals surface area contributed by atoms with Gasteiger partial charge in [0.25, 0.3) is 0 Å². The fraction of sp³-hybridized carbons (Fsp3) is 0.444. The van der Waals surface area contributed by atoms with Crippen molar-refractivity contribution in [2.75, 3.05) is 36.0 Å². The van der Waals surface area contributed by atoms with Crippen molar-refractivity contribution < 1.29 is 4.79 Å². The summed E-state index contributed by atoms with van der Waals surface area (Å²) in [7, 11) is 0. The van der Waals surface area contributed by atoms with Gasteiger partial charge < -0.3 is 19.7 Å². The van der Waals surface area contributed by atoms with Gasteiger partial charge in [0.05, 0.1) is 18.5 Å². The lowest BCUT2D eigenvalue weighted by molar-refractivity contribution is -0.120. The van der Waals surface area contributed by atoms with E-state index < -0.39 is 0 Å². The van der Waals surface area contributed by atoms with Crippen LogP contribution in [-0.2, 0) is 24.3 Å². The van der Waals surface area contributed by atoms with Crippen molar-refractivity contribution in [1.82, 2.24) is 24.8 Å². The molecule has 1 fully saturated rings. The molecule has 5 heterocycles. The van der Waals surface area contributed by atoms with Gasteiger partial charge in [-0.05, 0) is 12.5 Å². The van der Waals surface area contributed by atoms with E-state index in [1.54, 1.807) is 11.3 Å². The number of carbonyl (C=O) groups excluding carboxylic acids is 1. The van der Waals surface area contributed by atoms with Gasteiger partial charge in [0.15, 0.2) is 0 Å². The molecule has 1 saturated heterocycles. The monoisotopic (exact) mass is 383 g/mol. The summed E-state index contributed by atoms with van der Waals surface area (Å²) < 4.78 is 2.19. The van der Waals surface area contributed by atoms with Gasteiger partial charge in [0.2, 0.25) is 11.9 Å². The Morgan fingerprint density at radius 3 is 2.96 bits per heavy atom. The van der Waals surface area contributed by atoms with Crippen LogP contribution in [-0.4, -0.2) is 51.6 Å². The number of nitrogens with one attached hydrogen (secondary N) is 1. The predicted molar refractivity (Wildman–Crippen MR) is 105 cm³/mol. The standard InChI is InChI=1S/C18H21N7OS/c1-2-12-9-13-16(24-8-7-23-5-3-19-14(23)10-24)21-18(22-17(13)27-12)25-6-4-20-15(26)11-25/h3,5,9H,2,4,6-8,10-11H2,1H3,(H,20,26). The average molecular weight is 383 g/mol. The quantitative estimate of drug-likeness (QED) is 0.737. The summed E-state index contributed by atoms with van der Waals surface area (Å²) >= 11 is 1.72. The van der Waals surface area contributed by atoms with Gasteiger partial charge in [-0.3, -0.25) is 4.79 Å². The lowest BCUT2D eigenvalue weighted by Gasteiger charge is -2.31. The van der Waals surface area contributed by atoms with E-state index in [9.17, 15) is 4.79 Å². The molecule has 2 aliphatic rings. The molecule has 9 heteroatoms. The first-order valence-electron chi connectivity index (χ1n) is 9.28. The minimum atomic E-state index is 0.0203. The van der Waals surface area contributed by atoms with Crippen LogP contribution in [0, 0.1) is 0 Å². The molecule has 0 spiro atoms. The first-order chi connectivity index (χ1) is 13.2. The summed E-state index contributed by atoms with van der Waals surface area (Å²) in [5.41, 5.74) is 0. The van der Waals surface area contributed by atoms with E-state index >= 15 is 0 Å². The van der Waals surface area contributed by atoms with Crippen molar-refractivity contribution in [2.24, 2.45) is 0 Å². The lowest BCUT2D eigenvalue weighted by atomic mass is 10.2. The molecule has 5 rings (SSSR count). The van der Waals surface area contributed by atoms with Crippen LogP contribution in [0.5, 0.6) is 0 Å². The highest BCUT2D eigenvalue weighted by Crippen LogP contribution is 2.34. The Morgan fingerprint density at radius 1 is 1.19 bits per heavy atom. The maximum absolute atomic E-state index is 11.8. The SMILES string of the molecule is CCc1cc2c(N3CCn4ccnc4C3)nc(N3CCNC(=O)C3)nc2s1. The molecule has 27 heavy (non-hydrogen) atoms. The van der Waals surface area contributed by atoms with Crippen LogP contribution in [0.2, 0.25) is 0 Å². The Morgan fingerprint density at radius 2 is 2.11 bits per heavy atom. The number of aryl methyl sites for hydroxylation is 1. The summed E-state index contributed by atoms with van der Waals surface area (Å²) in [6.45, 7) is 6.33. The van der Waals surface area contributed by atoms with E-state index in [4.69, 9.17) is 9.97 Å². The maximum Gasteiger partial charge on any atom is 0.239 e. The fourth-order valence-electron chi connectivity index (χ4n) is 3.67. The zero-order valence-electron chi connectivity index (χ0n) is 15.2. The molecule has 0 radical (unpaired) electrons. The Kier molecular flexibility index (Phi) is 3.96. The van der Waals surface area contributed by atoms with Crippen LogP contribution in [0.4, 0.5) is 11.8 Å². The molecule has 1 amide bonds. The summed E-state index contributed by atoms with van der Waals surface area (Å²) in [6, 6.07) is 2.21. The minimum absolute atomic E-state index is 0.0203. The van der Waals surface area contributed by atoms with Gasteiger partial charge in [-0.25, -0.2) is 9.97 Å². The van der Waals surface area contributed by atoms with Gasteiger partial charge in [0, 0.05) is 43.4 Å². The van der Waals surface area contributed by atoms with Gasteiger partial charge in [-0.2, -0.15) is 4.98 Å². The number of amides is 1. The Hall–Kier alpha value is -2.68. The Bertz CT molecular complexity index is 1010. The maximum atomic E-state index is 11.8. The van der Waals surface area contributed by atoms with Crippen LogP contribution in [0.3, 0.4) is 0 Å². The predicted octanol–water partition coefficient (Wildman–Crippen LogP) is 1.41. The largest absolute Gasteiger partial charge is 0.353 e. The molecule has 0 saturated carbocycles. The Labute approximate surface area is 160 Å². The van der Waals surface area contributed by atoms with Crippen molar-refractivity contribution in [3.8, 4) is 0 Å². The summed E-state index contributed by atoms with van der Waals surface area (Å²) in [4.78, 5) is 32.6. The topological polar surface area (TPSA) is 79.2 Å². The van der Waals surface area contributed by atoms with Crippen LogP contribution in [0.15, 0.2) is 18.5 Å². The number of nitrogens with zero attached hydrogens (tertiary/aromatic N) is 6. The van der Waals surface area contributed by atoms with Gasteiger partial charge in [0.1, 0.15) is 16.5 Å². The number of hydrogen-bond donors (Lipinski definition) is 1. The molecule has 0 atom stereocenters. The van der Waals surface area contributed by atoms with Crippen molar-refractivity contribution >= 4 is 39.2 Å². The molecule has 0 unspecified atom stereocenters. The molecule has 0 aromatic carbocycles. The van der Waals surface area contributed by atoms with E-state index in [0.29, 0.717) is 19.0 Å². The zero-order chi connectivity index (χ0) is 18.4. The van der Waals surface area contributed by atoms with E-state index in [-0.39, 0.29) is 5.91 Å². The van der Waals surface area contributed by atoms with Gasteiger partial charge in [-0.15, -0.1) is 11.3 Å². The van der Waals surface area contributed by atoms with Crippen molar-refractivity contribution in [3.63, 3.8) is 0 Å². The van der Waals surface area contributed by atoms with Crippen LogP contribution in [0.25, 0.3) is 10.2 Å². The van der Waals surface area contributed by atoms with Crippen molar-refractivity contribution in [1.29, 1.82) is 0 Å². The zero-order valence-corrected chi connectivity index (χ0v) is 16.0. The number of hydrogen-bond acceptors (Lipinski definition) is 7. The molecule has 140 valence electrons. The molecular weight excluding hydrogens is 362 g/mol. The lowest BCUT2D eigenvalue weighted by Crippen LogP contribution is -2.48. The van der Waals surface area contributed by atoms with E-state index in [1.165, 1.54) is 4.88 Å². The van der Waals surface area contributed by atoms with E-state index in [0.717, 1.165) is 54.5 Å². The van der Waals surface area contributed by atoms with Crippen molar-refractivity contribution in [3.05, 3.63) is 29.2 Å². The third kappa shape index (κ3) is 2.91. The van der Waals surface area contributed by atoms with Crippen LogP contribution < -0.4 is 15.1 Å². The highest BCUT2D eigenvalue weighted by Gasteiger charge is 2.25. The molecule has 8 nitrogen and oxygen atoms in total. The number of piperazine rings is 1. The van der Waals surface area contributed by atoms with Crippen LogP contribution >= 0.6 is 11.3 Å². The molecule has 0 bridgehead atoms. The highest BCUT2D eigenvalue weighted by atomic mass is 32.1. The Balaban J connectivity index is 1.59.